The van der Waals surface area contributed by atoms with Gasteiger partial charge in [-0.1, -0.05) is 6.42 Å². The summed E-state index contributed by atoms with van der Waals surface area (Å²) in [5.74, 6) is 0. The smallest absolute Gasteiger partial charge is 0.0851 e. The van der Waals surface area contributed by atoms with Crippen molar-refractivity contribution in [1.82, 2.24) is 0 Å². The second kappa shape index (κ2) is 2.18. The standard InChI is InChI=1S/C6H9Si/c1-2-7-5-3-4-6-7/h1H,3-6H2/q+1. The molecule has 0 aromatic carbocycles. The van der Waals surface area contributed by atoms with Gasteiger partial charge in [-0.3, -0.25) is 0 Å². The minimum Gasteiger partial charge on any atom is -0.0851 e. The van der Waals surface area contributed by atoms with Gasteiger partial charge in [-0.15, -0.1) is 0 Å². The molecule has 1 saturated heterocycles. The fourth-order valence-electron chi connectivity index (χ4n) is 0.946. The van der Waals surface area contributed by atoms with E-state index in [-0.39, 0.29) is 8.80 Å². The third-order valence-electron chi connectivity index (χ3n) is 1.41. The van der Waals surface area contributed by atoms with Crippen molar-refractivity contribution >= 4 is 8.80 Å². The molecule has 1 heteroatoms. The number of rotatable bonds is 0. The van der Waals surface area contributed by atoms with Gasteiger partial charge in [-0.2, -0.15) is 0 Å². The summed E-state index contributed by atoms with van der Waals surface area (Å²) in [6.07, 6.45) is 8.03. The van der Waals surface area contributed by atoms with E-state index in [0.717, 1.165) is 0 Å². The minimum absolute atomic E-state index is 0.224. The van der Waals surface area contributed by atoms with E-state index < -0.39 is 0 Å². The van der Waals surface area contributed by atoms with E-state index in [9.17, 15) is 0 Å². The third-order valence-corrected chi connectivity index (χ3v) is 3.73. The lowest BCUT2D eigenvalue weighted by Gasteiger charge is -1.68. The highest BCUT2D eigenvalue weighted by atomic mass is 28.3. The summed E-state index contributed by atoms with van der Waals surface area (Å²) in [5.41, 5.74) is 2.87. The highest BCUT2D eigenvalue weighted by molar-refractivity contribution is 6.68. The first-order valence-corrected chi connectivity index (χ1v) is 4.66. The molecule has 0 nitrogen and oxygen atoms in total. The molecule has 0 aromatic rings. The molecule has 36 valence electrons. The van der Waals surface area contributed by atoms with Crippen LogP contribution in [0.1, 0.15) is 12.8 Å². The first-order chi connectivity index (χ1) is 3.43. The molecule has 0 radical (unpaired) electrons. The average molecular weight is 109 g/mol. The Balaban J connectivity index is 2.31. The maximum atomic E-state index is 5.23. The van der Waals surface area contributed by atoms with Crippen LogP contribution in [0.25, 0.3) is 0 Å². The third kappa shape index (κ3) is 1.07. The Morgan fingerprint density at radius 1 is 1.29 bits per heavy atom. The summed E-state index contributed by atoms with van der Waals surface area (Å²) in [5, 5.41) is 0. The van der Waals surface area contributed by atoms with E-state index in [1.54, 1.807) is 0 Å². The second-order valence-electron chi connectivity index (χ2n) is 1.95. The van der Waals surface area contributed by atoms with Crippen molar-refractivity contribution in [3.05, 3.63) is 0 Å². The van der Waals surface area contributed by atoms with Gasteiger partial charge < -0.3 is 0 Å². The number of hydrogen-bond donors (Lipinski definition) is 0. The molecule has 7 heavy (non-hydrogen) atoms. The van der Waals surface area contributed by atoms with E-state index >= 15 is 0 Å². The van der Waals surface area contributed by atoms with E-state index in [2.05, 4.69) is 5.54 Å². The largest absolute Gasteiger partial charge is 0.405 e. The van der Waals surface area contributed by atoms with Crippen LogP contribution in [0.4, 0.5) is 0 Å². The van der Waals surface area contributed by atoms with Crippen molar-refractivity contribution in [3.63, 3.8) is 0 Å². The zero-order valence-corrected chi connectivity index (χ0v) is 5.41. The van der Waals surface area contributed by atoms with Gasteiger partial charge >= 0.3 is 8.80 Å². The molecular weight excluding hydrogens is 100 g/mol. The molecule has 1 fully saturated rings. The van der Waals surface area contributed by atoms with E-state index in [1.165, 1.54) is 24.9 Å². The van der Waals surface area contributed by atoms with Gasteiger partial charge in [-0.25, -0.2) is 0 Å². The first-order valence-electron chi connectivity index (χ1n) is 2.75. The van der Waals surface area contributed by atoms with Crippen molar-refractivity contribution in [1.29, 1.82) is 0 Å². The van der Waals surface area contributed by atoms with Crippen LogP contribution >= 0.6 is 0 Å². The van der Waals surface area contributed by atoms with E-state index in [0.29, 0.717) is 0 Å². The molecular formula is C6H9Si+. The summed E-state index contributed by atoms with van der Waals surface area (Å²) >= 11 is 0. The molecule has 1 aliphatic rings. The predicted molar refractivity (Wildman–Crippen MR) is 33.4 cm³/mol. The van der Waals surface area contributed by atoms with Gasteiger partial charge in [-0.05, 0) is 12.8 Å². The summed E-state index contributed by atoms with van der Waals surface area (Å²) in [6, 6.07) is 2.75. The maximum Gasteiger partial charge on any atom is 0.405 e. The quantitative estimate of drug-likeness (QED) is 0.326. The molecule has 0 spiro atoms. The normalized spacial score (nSPS) is 19.6. The fourth-order valence-corrected chi connectivity index (χ4v) is 2.84. The second-order valence-corrected chi connectivity index (χ2v) is 4.45. The Labute approximate surface area is 46.5 Å². The lowest BCUT2D eigenvalue weighted by atomic mass is 10.4. The van der Waals surface area contributed by atoms with E-state index in [4.69, 9.17) is 6.42 Å². The monoisotopic (exact) mass is 109 g/mol. The van der Waals surface area contributed by atoms with E-state index in [1.807, 2.05) is 0 Å². The Bertz CT molecular complexity index is 84.8. The van der Waals surface area contributed by atoms with Crippen molar-refractivity contribution in [2.24, 2.45) is 0 Å². The zero-order valence-electron chi connectivity index (χ0n) is 4.41. The van der Waals surface area contributed by atoms with Crippen molar-refractivity contribution < 1.29 is 0 Å². The number of hydrogen-bond acceptors (Lipinski definition) is 0. The molecule has 0 aliphatic carbocycles. The average Bonchev–Trinajstić information content (AvgIpc) is 2.14. The van der Waals surface area contributed by atoms with Gasteiger partial charge in [0.25, 0.3) is 0 Å². The van der Waals surface area contributed by atoms with Gasteiger partial charge in [0, 0.05) is 0 Å². The SMILES string of the molecule is C#C[Si+]1CCCC1. The van der Waals surface area contributed by atoms with Crippen LogP contribution in [0.3, 0.4) is 0 Å². The lowest BCUT2D eigenvalue weighted by Crippen LogP contribution is -1.99. The van der Waals surface area contributed by atoms with Crippen LogP contribution in [0, 0.1) is 12.0 Å². The van der Waals surface area contributed by atoms with Crippen molar-refractivity contribution in [2.75, 3.05) is 0 Å². The van der Waals surface area contributed by atoms with Crippen LogP contribution in [-0.2, 0) is 0 Å². The summed E-state index contributed by atoms with van der Waals surface area (Å²) < 4.78 is 0. The van der Waals surface area contributed by atoms with Crippen LogP contribution < -0.4 is 0 Å². The summed E-state index contributed by atoms with van der Waals surface area (Å²) in [4.78, 5) is 0. The summed E-state index contributed by atoms with van der Waals surface area (Å²) in [6.45, 7) is 0. The molecule has 0 atom stereocenters. The molecule has 1 aliphatic heterocycles. The lowest BCUT2D eigenvalue weighted by molar-refractivity contribution is 0.935. The molecule has 0 N–H and O–H groups in total. The number of terminal acetylenes is 1. The molecule has 1 heterocycles. The van der Waals surface area contributed by atoms with Crippen molar-refractivity contribution in [3.8, 4) is 12.0 Å². The minimum atomic E-state index is -0.224. The first kappa shape index (κ1) is 4.92. The molecule has 0 bridgehead atoms. The molecule has 0 amide bonds. The topological polar surface area (TPSA) is 0 Å². The van der Waals surface area contributed by atoms with Gasteiger partial charge in [0.05, 0.1) is 17.6 Å². The van der Waals surface area contributed by atoms with Gasteiger partial charge in [0.1, 0.15) is 0 Å². The Morgan fingerprint density at radius 3 is 2.14 bits per heavy atom. The van der Waals surface area contributed by atoms with Gasteiger partial charge in [0.2, 0.25) is 0 Å². The molecule has 1 rings (SSSR count). The maximum absolute atomic E-state index is 5.23. The Hall–Kier alpha value is -0.223. The van der Waals surface area contributed by atoms with Crippen molar-refractivity contribution in [2.45, 2.75) is 24.9 Å². The molecule has 0 saturated carbocycles. The van der Waals surface area contributed by atoms with Crippen LogP contribution in [-0.4, -0.2) is 8.80 Å². The summed E-state index contributed by atoms with van der Waals surface area (Å²) in [7, 11) is -0.224. The van der Waals surface area contributed by atoms with Gasteiger partial charge in [0.15, 0.2) is 0 Å². The highest BCUT2D eigenvalue weighted by Gasteiger charge is 2.28. The Morgan fingerprint density at radius 2 is 1.86 bits per heavy atom. The molecule has 0 unspecified atom stereocenters. The molecule has 0 aromatic heterocycles. The fraction of sp³-hybridized carbons (Fsp3) is 0.667. The van der Waals surface area contributed by atoms with Crippen LogP contribution in [0.2, 0.25) is 12.1 Å². The Kier molecular flexibility index (Phi) is 1.53. The van der Waals surface area contributed by atoms with Crippen LogP contribution in [0.15, 0.2) is 0 Å². The highest BCUT2D eigenvalue weighted by Crippen LogP contribution is 2.17. The predicted octanol–water partition coefficient (Wildman–Crippen LogP) is 1.45. The zero-order chi connectivity index (χ0) is 5.11. The van der Waals surface area contributed by atoms with Crippen LogP contribution in [0.5, 0.6) is 0 Å².